The number of hydrogen-bond donors (Lipinski definition) is 2. The highest BCUT2D eigenvalue weighted by atomic mass is 16.6. The van der Waals surface area contributed by atoms with Crippen molar-refractivity contribution in [3.05, 3.63) is 24.3 Å². The summed E-state index contributed by atoms with van der Waals surface area (Å²) < 4.78 is 9.86. The Balaban J connectivity index is 1.78. The molecule has 1 fully saturated rings. The van der Waals surface area contributed by atoms with E-state index in [1.54, 1.807) is 11.8 Å². The summed E-state index contributed by atoms with van der Waals surface area (Å²) in [5, 5.41) is 6.11. The number of likely N-dealkylation sites (tertiary alicyclic amines) is 1. The fourth-order valence-corrected chi connectivity index (χ4v) is 2.59. The fourth-order valence-electron chi connectivity index (χ4n) is 2.59. The van der Waals surface area contributed by atoms with Gasteiger partial charge in [-0.05, 0) is 51.0 Å². The lowest BCUT2D eigenvalue weighted by Gasteiger charge is -2.32. The number of nitrogens with one attached hydrogen (secondary N) is 2. The number of hydrogen-bond acceptors (Lipinski definition) is 5. The number of benzene rings is 1. The molecule has 0 unspecified atom stereocenters. The standard InChI is InChI=1S/C17H25N3O4/c1-3-23-16(21)19-14-7-5-13(6-8-14)18-15-9-11-20(12-10-15)17(22)24-4-2/h5-8,15,18H,3-4,9-12H2,1-2H3,(H,19,21). The van der Waals surface area contributed by atoms with Gasteiger partial charge in [-0.15, -0.1) is 0 Å². The molecule has 2 amide bonds. The number of carbonyl (C=O) groups is 2. The van der Waals surface area contributed by atoms with Crippen molar-refractivity contribution in [1.82, 2.24) is 4.90 Å². The van der Waals surface area contributed by atoms with Crippen molar-refractivity contribution in [3.63, 3.8) is 0 Å². The van der Waals surface area contributed by atoms with E-state index in [0.29, 0.717) is 38.0 Å². The Morgan fingerprint density at radius 2 is 1.62 bits per heavy atom. The molecule has 1 heterocycles. The Morgan fingerprint density at radius 3 is 2.21 bits per heavy atom. The number of piperidine rings is 1. The molecule has 0 spiro atoms. The molecule has 1 aromatic rings. The Bertz CT molecular complexity index is 539. The van der Waals surface area contributed by atoms with Crippen LogP contribution in [0.4, 0.5) is 21.0 Å². The summed E-state index contributed by atoms with van der Waals surface area (Å²) >= 11 is 0. The average Bonchev–Trinajstić information content (AvgIpc) is 2.58. The summed E-state index contributed by atoms with van der Waals surface area (Å²) in [7, 11) is 0. The van der Waals surface area contributed by atoms with Crippen molar-refractivity contribution in [2.75, 3.05) is 36.9 Å². The summed E-state index contributed by atoms with van der Waals surface area (Å²) in [6.45, 7) is 5.71. The highest BCUT2D eigenvalue weighted by Crippen LogP contribution is 2.19. The number of carbonyl (C=O) groups excluding carboxylic acids is 2. The summed E-state index contributed by atoms with van der Waals surface area (Å²) in [6.07, 6.45) is 1.07. The summed E-state index contributed by atoms with van der Waals surface area (Å²) in [4.78, 5) is 24.8. The lowest BCUT2D eigenvalue weighted by molar-refractivity contribution is 0.0983. The van der Waals surface area contributed by atoms with Crippen molar-refractivity contribution in [3.8, 4) is 0 Å². The zero-order chi connectivity index (χ0) is 17.4. The van der Waals surface area contributed by atoms with E-state index in [2.05, 4.69) is 10.6 Å². The Labute approximate surface area is 142 Å². The molecule has 7 heteroatoms. The molecule has 0 radical (unpaired) electrons. The van der Waals surface area contributed by atoms with Crippen molar-refractivity contribution < 1.29 is 19.1 Å². The second-order valence-electron chi connectivity index (χ2n) is 5.53. The molecule has 7 nitrogen and oxygen atoms in total. The van der Waals surface area contributed by atoms with Crippen LogP contribution in [0.15, 0.2) is 24.3 Å². The molecule has 0 atom stereocenters. The van der Waals surface area contributed by atoms with Gasteiger partial charge in [-0.3, -0.25) is 5.32 Å². The third-order valence-corrected chi connectivity index (χ3v) is 3.80. The first-order chi connectivity index (χ1) is 11.6. The van der Waals surface area contributed by atoms with E-state index < -0.39 is 6.09 Å². The van der Waals surface area contributed by atoms with Gasteiger partial charge >= 0.3 is 12.2 Å². The molecule has 0 aromatic heterocycles. The van der Waals surface area contributed by atoms with Gasteiger partial charge in [-0.1, -0.05) is 0 Å². The third kappa shape index (κ3) is 5.33. The molecule has 132 valence electrons. The summed E-state index contributed by atoms with van der Waals surface area (Å²) in [6, 6.07) is 7.80. The van der Waals surface area contributed by atoms with E-state index in [4.69, 9.17) is 9.47 Å². The highest BCUT2D eigenvalue weighted by molar-refractivity contribution is 5.84. The predicted molar refractivity (Wildman–Crippen MR) is 92.3 cm³/mol. The maximum absolute atomic E-state index is 11.7. The minimum atomic E-state index is -0.454. The lowest BCUT2D eigenvalue weighted by Crippen LogP contribution is -2.42. The second-order valence-corrected chi connectivity index (χ2v) is 5.53. The summed E-state index contributed by atoms with van der Waals surface area (Å²) in [5.41, 5.74) is 1.68. The van der Waals surface area contributed by atoms with Gasteiger partial charge < -0.3 is 19.7 Å². The van der Waals surface area contributed by atoms with Crippen LogP contribution in [0.5, 0.6) is 0 Å². The van der Waals surface area contributed by atoms with Crippen LogP contribution in [-0.4, -0.2) is 49.4 Å². The molecule has 2 rings (SSSR count). The van der Waals surface area contributed by atoms with E-state index in [9.17, 15) is 9.59 Å². The molecule has 1 aliphatic rings. The molecule has 0 bridgehead atoms. The van der Waals surface area contributed by atoms with Gasteiger partial charge in [-0.25, -0.2) is 9.59 Å². The number of anilines is 2. The smallest absolute Gasteiger partial charge is 0.411 e. The monoisotopic (exact) mass is 335 g/mol. The molecular formula is C17H25N3O4. The van der Waals surface area contributed by atoms with Crippen LogP contribution in [0.3, 0.4) is 0 Å². The Kier molecular flexibility index (Phi) is 6.72. The largest absolute Gasteiger partial charge is 0.450 e. The number of ether oxygens (including phenoxy) is 2. The topological polar surface area (TPSA) is 79.9 Å². The number of nitrogens with zero attached hydrogens (tertiary/aromatic N) is 1. The lowest BCUT2D eigenvalue weighted by atomic mass is 10.0. The van der Waals surface area contributed by atoms with E-state index in [1.807, 2.05) is 31.2 Å². The quantitative estimate of drug-likeness (QED) is 0.863. The second kappa shape index (κ2) is 9.00. The van der Waals surface area contributed by atoms with E-state index in [1.165, 1.54) is 0 Å². The first kappa shape index (κ1) is 17.9. The van der Waals surface area contributed by atoms with Gasteiger partial charge in [0.1, 0.15) is 0 Å². The predicted octanol–water partition coefficient (Wildman–Crippen LogP) is 3.29. The molecule has 0 saturated carbocycles. The molecule has 1 saturated heterocycles. The first-order valence-corrected chi connectivity index (χ1v) is 8.34. The van der Waals surface area contributed by atoms with Gasteiger partial charge in [0.15, 0.2) is 0 Å². The van der Waals surface area contributed by atoms with Crippen molar-refractivity contribution >= 4 is 23.6 Å². The number of amides is 2. The molecule has 0 aliphatic carbocycles. The minimum Gasteiger partial charge on any atom is -0.450 e. The maximum atomic E-state index is 11.7. The van der Waals surface area contributed by atoms with Crippen LogP contribution in [0.2, 0.25) is 0 Å². The summed E-state index contributed by atoms with van der Waals surface area (Å²) in [5.74, 6) is 0. The normalized spacial score (nSPS) is 14.8. The third-order valence-electron chi connectivity index (χ3n) is 3.80. The number of rotatable bonds is 5. The Hall–Kier alpha value is -2.44. The zero-order valence-corrected chi connectivity index (χ0v) is 14.2. The van der Waals surface area contributed by atoms with Crippen LogP contribution < -0.4 is 10.6 Å². The highest BCUT2D eigenvalue weighted by Gasteiger charge is 2.23. The minimum absolute atomic E-state index is 0.231. The van der Waals surface area contributed by atoms with Gasteiger partial charge in [-0.2, -0.15) is 0 Å². The zero-order valence-electron chi connectivity index (χ0n) is 14.2. The van der Waals surface area contributed by atoms with Crippen molar-refractivity contribution in [1.29, 1.82) is 0 Å². The Morgan fingerprint density at radius 1 is 1.04 bits per heavy atom. The fraction of sp³-hybridized carbons (Fsp3) is 0.529. The average molecular weight is 335 g/mol. The van der Waals surface area contributed by atoms with Gasteiger partial charge in [0.05, 0.1) is 13.2 Å². The van der Waals surface area contributed by atoms with Crippen LogP contribution in [0, 0.1) is 0 Å². The maximum Gasteiger partial charge on any atom is 0.411 e. The van der Waals surface area contributed by atoms with Gasteiger partial charge in [0.2, 0.25) is 0 Å². The molecule has 2 N–H and O–H groups in total. The first-order valence-electron chi connectivity index (χ1n) is 8.34. The van der Waals surface area contributed by atoms with Crippen molar-refractivity contribution in [2.24, 2.45) is 0 Å². The SMILES string of the molecule is CCOC(=O)Nc1ccc(NC2CCN(C(=O)OCC)CC2)cc1. The van der Waals surface area contributed by atoms with E-state index >= 15 is 0 Å². The van der Waals surface area contributed by atoms with Crippen LogP contribution in [-0.2, 0) is 9.47 Å². The van der Waals surface area contributed by atoms with E-state index in [-0.39, 0.29) is 6.09 Å². The van der Waals surface area contributed by atoms with E-state index in [0.717, 1.165) is 18.5 Å². The van der Waals surface area contributed by atoms with Crippen LogP contribution in [0.25, 0.3) is 0 Å². The van der Waals surface area contributed by atoms with Crippen LogP contribution >= 0.6 is 0 Å². The molecule has 24 heavy (non-hydrogen) atoms. The van der Waals surface area contributed by atoms with Gasteiger partial charge in [0, 0.05) is 30.5 Å². The van der Waals surface area contributed by atoms with Crippen molar-refractivity contribution in [2.45, 2.75) is 32.7 Å². The van der Waals surface area contributed by atoms with Crippen LogP contribution in [0.1, 0.15) is 26.7 Å². The molecular weight excluding hydrogens is 310 g/mol. The van der Waals surface area contributed by atoms with Gasteiger partial charge in [0.25, 0.3) is 0 Å². The molecule has 1 aliphatic heterocycles. The molecule has 1 aromatic carbocycles.